The van der Waals surface area contributed by atoms with Crippen molar-refractivity contribution in [2.45, 2.75) is 309 Å². The van der Waals surface area contributed by atoms with Crippen molar-refractivity contribution in [3.05, 3.63) is 122 Å². The van der Waals surface area contributed by atoms with Gasteiger partial charge in [-0.15, -0.1) is 0 Å². The molecule has 6 nitrogen and oxygen atoms in total. The highest BCUT2D eigenvalue weighted by atomic mass is 16.6. The largest absolute Gasteiger partial charge is 0.462 e. The standard InChI is InChI=1S/C73H122O6/c1-4-7-10-13-16-19-22-25-28-31-34-36-39-42-45-48-51-54-57-60-63-66-72(75)78-69-70(68-77-71(74)65-62-59-56-53-50-47-44-41-38-33-30-27-24-21-18-15-12-9-6-3)79-73(76)67-64-61-58-55-52-49-46-43-40-37-35-32-29-26-23-20-17-14-11-8-5-2/h7,10,16,18-19,21,23,25-28,30,32,34-36,38,40-41,43,70H,4-6,8-9,11-15,17,20,22,24,29,31,33,37,39,42,44-69H2,1-3H3/b10-7-,19-16-,21-18-,26-23-,28-25-,30-27-,35-32-,36-34-,41-38-,43-40-. The quantitative estimate of drug-likeness (QED) is 0.0261. The first-order valence-corrected chi connectivity index (χ1v) is 33.0. The van der Waals surface area contributed by atoms with Gasteiger partial charge in [0.25, 0.3) is 0 Å². The Hall–Kier alpha value is -4.19. The molecule has 6 heteroatoms. The molecule has 0 heterocycles. The topological polar surface area (TPSA) is 78.9 Å². The van der Waals surface area contributed by atoms with Gasteiger partial charge in [-0.3, -0.25) is 14.4 Å². The van der Waals surface area contributed by atoms with Gasteiger partial charge >= 0.3 is 17.9 Å². The fraction of sp³-hybridized carbons (Fsp3) is 0.685. The molecule has 0 amide bonds. The molecule has 450 valence electrons. The molecule has 0 spiro atoms. The predicted molar refractivity (Wildman–Crippen MR) is 343 cm³/mol. The molecule has 0 bridgehead atoms. The van der Waals surface area contributed by atoms with Crippen LogP contribution in [0.5, 0.6) is 0 Å². The Balaban J connectivity index is 4.47. The van der Waals surface area contributed by atoms with Crippen molar-refractivity contribution < 1.29 is 28.6 Å². The van der Waals surface area contributed by atoms with Gasteiger partial charge in [0.15, 0.2) is 6.10 Å². The lowest BCUT2D eigenvalue weighted by Crippen LogP contribution is -2.30. The Kier molecular flexibility index (Phi) is 62.8. The minimum Gasteiger partial charge on any atom is -0.462 e. The zero-order valence-electron chi connectivity index (χ0n) is 51.6. The van der Waals surface area contributed by atoms with Crippen molar-refractivity contribution in [1.29, 1.82) is 0 Å². The van der Waals surface area contributed by atoms with E-state index in [9.17, 15) is 14.4 Å². The molecule has 0 saturated heterocycles. The summed E-state index contributed by atoms with van der Waals surface area (Å²) >= 11 is 0. The molecule has 0 saturated carbocycles. The van der Waals surface area contributed by atoms with E-state index in [2.05, 4.69) is 142 Å². The van der Waals surface area contributed by atoms with Gasteiger partial charge in [0.05, 0.1) is 0 Å². The third-order valence-corrected chi connectivity index (χ3v) is 13.9. The van der Waals surface area contributed by atoms with Crippen LogP contribution in [0.3, 0.4) is 0 Å². The van der Waals surface area contributed by atoms with E-state index in [0.29, 0.717) is 19.3 Å². The van der Waals surface area contributed by atoms with Crippen LogP contribution in [0.4, 0.5) is 0 Å². The average Bonchev–Trinajstić information content (AvgIpc) is 3.45. The van der Waals surface area contributed by atoms with Gasteiger partial charge in [-0.1, -0.05) is 271 Å². The van der Waals surface area contributed by atoms with Crippen molar-refractivity contribution in [2.75, 3.05) is 13.2 Å². The van der Waals surface area contributed by atoms with Crippen LogP contribution < -0.4 is 0 Å². The lowest BCUT2D eigenvalue weighted by atomic mass is 10.1. The fourth-order valence-electron chi connectivity index (χ4n) is 8.98. The first-order chi connectivity index (χ1) is 39.0. The first kappa shape index (κ1) is 74.8. The molecular formula is C73H122O6. The number of unbranched alkanes of at least 4 members (excludes halogenated alkanes) is 28. The molecule has 0 fully saturated rings. The maximum Gasteiger partial charge on any atom is 0.306 e. The molecule has 0 aliphatic carbocycles. The molecule has 1 atom stereocenters. The van der Waals surface area contributed by atoms with E-state index in [1.165, 1.54) is 128 Å². The van der Waals surface area contributed by atoms with Crippen molar-refractivity contribution in [1.82, 2.24) is 0 Å². The van der Waals surface area contributed by atoms with E-state index < -0.39 is 6.10 Å². The van der Waals surface area contributed by atoms with Gasteiger partial charge < -0.3 is 14.2 Å². The Morgan fingerprint density at radius 1 is 0.266 bits per heavy atom. The number of hydrogen-bond acceptors (Lipinski definition) is 6. The first-order valence-electron chi connectivity index (χ1n) is 33.0. The summed E-state index contributed by atoms with van der Waals surface area (Å²) in [6.07, 6.45) is 91.9. The SMILES string of the molecule is CC/C=C\C/C=C\C/C=C\C/C=C\CCCCCCCCCCC(=O)OCC(COC(=O)CCCCCCCC/C=C\C/C=C\C/C=C\CCCCC)OC(=O)CCCCCCCC/C=C\C/C=C\C/C=C\CCCCCCC. The van der Waals surface area contributed by atoms with Crippen molar-refractivity contribution in [2.24, 2.45) is 0 Å². The van der Waals surface area contributed by atoms with Crippen LogP contribution in [0.25, 0.3) is 0 Å². The molecule has 0 rings (SSSR count). The zero-order valence-corrected chi connectivity index (χ0v) is 51.6. The third kappa shape index (κ3) is 64.5. The highest BCUT2D eigenvalue weighted by Gasteiger charge is 2.19. The van der Waals surface area contributed by atoms with E-state index in [0.717, 1.165) is 135 Å². The van der Waals surface area contributed by atoms with Crippen molar-refractivity contribution >= 4 is 17.9 Å². The van der Waals surface area contributed by atoms with Gasteiger partial charge in [-0.25, -0.2) is 0 Å². The molecule has 0 aliphatic heterocycles. The predicted octanol–water partition coefficient (Wildman–Crippen LogP) is 22.8. The molecular weight excluding hydrogens is 973 g/mol. The second-order valence-corrected chi connectivity index (χ2v) is 21.6. The Bertz CT molecular complexity index is 1640. The Morgan fingerprint density at radius 2 is 0.494 bits per heavy atom. The van der Waals surface area contributed by atoms with Crippen LogP contribution in [0.15, 0.2) is 122 Å². The number of carbonyl (C=O) groups excluding carboxylic acids is 3. The summed E-state index contributed by atoms with van der Waals surface area (Å²) < 4.78 is 16.9. The monoisotopic (exact) mass is 1090 g/mol. The van der Waals surface area contributed by atoms with E-state index in [1.807, 2.05) is 0 Å². The zero-order chi connectivity index (χ0) is 57.1. The van der Waals surface area contributed by atoms with Crippen LogP contribution in [0.2, 0.25) is 0 Å². The number of ether oxygens (including phenoxy) is 3. The van der Waals surface area contributed by atoms with E-state index >= 15 is 0 Å². The molecule has 0 aromatic heterocycles. The fourth-order valence-corrected chi connectivity index (χ4v) is 8.98. The number of esters is 3. The van der Waals surface area contributed by atoms with Crippen LogP contribution in [-0.4, -0.2) is 37.2 Å². The smallest absolute Gasteiger partial charge is 0.306 e. The molecule has 0 N–H and O–H groups in total. The summed E-state index contributed by atoms with van der Waals surface area (Å²) in [5.74, 6) is -0.920. The summed E-state index contributed by atoms with van der Waals surface area (Å²) in [6, 6.07) is 0. The third-order valence-electron chi connectivity index (χ3n) is 13.9. The molecule has 79 heavy (non-hydrogen) atoms. The molecule has 0 aliphatic rings. The van der Waals surface area contributed by atoms with Crippen LogP contribution >= 0.6 is 0 Å². The van der Waals surface area contributed by atoms with Crippen LogP contribution in [-0.2, 0) is 28.6 Å². The van der Waals surface area contributed by atoms with Gasteiger partial charge in [0.1, 0.15) is 13.2 Å². The highest BCUT2D eigenvalue weighted by Crippen LogP contribution is 2.15. The van der Waals surface area contributed by atoms with Crippen LogP contribution in [0, 0.1) is 0 Å². The molecule has 1 unspecified atom stereocenters. The number of allylic oxidation sites excluding steroid dienone is 20. The Labute approximate surface area is 488 Å². The minimum atomic E-state index is -0.800. The van der Waals surface area contributed by atoms with E-state index in [1.54, 1.807) is 0 Å². The highest BCUT2D eigenvalue weighted by molar-refractivity contribution is 5.71. The summed E-state index contributed by atoms with van der Waals surface area (Å²) in [5.41, 5.74) is 0. The van der Waals surface area contributed by atoms with E-state index in [-0.39, 0.29) is 31.1 Å². The van der Waals surface area contributed by atoms with Gasteiger partial charge in [0.2, 0.25) is 0 Å². The minimum absolute atomic E-state index is 0.0944. The average molecular weight is 1100 g/mol. The van der Waals surface area contributed by atoms with E-state index in [4.69, 9.17) is 14.2 Å². The maximum absolute atomic E-state index is 12.9. The second-order valence-electron chi connectivity index (χ2n) is 21.6. The summed E-state index contributed by atoms with van der Waals surface area (Å²) in [5, 5.41) is 0. The van der Waals surface area contributed by atoms with Crippen LogP contribution in [0.1, 0.15) is 303 Å². The van der Waals surface area contributed by atoms with Crippen molar-refractivity contribution in [3.63, 3.8) is 0 Å². The lowest BCUT2D eigenvalue weighted by Gasteiger charge is -2.18. The number of hydrogen-bond donors (Lipinski definition) is 0. The maximum atomic E-state index is 12.9. The van der Waals surface area contributed by atoms with Crippen molar-refractivity contribution in [3.8, 4) is 0 Å². The second kappa shape index (κ2) is 66.3. The summed E-state index contributed by atoms with van der Waals surface area (Å²) in [6.45, 7) is 6.48. The molecule has 0 aromatic carbocycles. The molecule has 0 aromatic rings. The summed E-state index contributed by atoms with van der Waals surface area (Å²) in [4.78, 5) is 38.4. The number of carbonyl (C=O) groups is 3. The van der Waals surface area contributed by atoms with Gasteiger partial charge in [-0.2, -0.15) is 0 Å². The Morgan fingerprint density at radius 3 is 0.797 bits per heavy atom. The van der Waals surface area contributed by atoms with Gasteiger partial charge in [0, 0.05) is 19.3 Å². The van der Waals surface area contributed by atoms with Gasteiger partial charge in [-0.05, 0) is 135 Å². The summed E-state index contributed by atoms with van der Waals surface area (Å²) in [7, 11) is 0. The normalized spacial score (nSPS) is 12.9. The number of rotatable bonds is 59. The lowest BCUT2D eigenvalue weighted by molar-refractivity contribution is -0.167. The molecule has 0 radical (unpaired) electrons.